The maximum atomic E-state index is 11.1. The molecule has 0 aliphatic carbocycles. The minimum absolute atomic E-state index is 0.205. The summed E-state index contributed by atoms with van der Waals surface area (Å²) in [6.07, 6.45) is 4.65. The Balaban J connectivity index is 2.63. The molecule has 0 radical (unpaired) electrons. The van der Waals surface area contributed by atoms with E-state index in [4.69, 9.17) is 5.11 Å². The molecule has 0 aliphatic rings. The Bertz CT molecular complexity index is 524. The van der Waals surface area contributed by atoms with Gasteiger partial charge in [0.25, 0.3) is 0 Å². The van der Waals surface area contributed by atoms with Crippen molar-refractivity contribution in [1.82, 2.24) is 9.97 Å². The predicted molar refractivity (Wildman–Crippen MR) is 59.2 cm³/mol. The number of carboxylic acids is 1. The number of aromatic nitrogens is 2. The van der Waals surface area contributed by atoms with Crippen LogP contribution in [-0.4, -0.2) is 21.0 Å². The third-order valence-electron chi connectivity index (χ3n) is 2.26. The van der Waals surface area contributed by atoms with Crippen molar-refractivity contribution in [1.29, 1.82) is 0 Å². The van der Waals surface area contributed by atoms with Crippen LogP contribution >= 0.6 is 0 Å². The molecule has 16 heavy (non-hydrogen) atoms. The van der Waals surface area contributed by atoms with Crippen LogP contribution in [0.25, 0.3) is 11.1 Å². The molecule has 2 aromatic rings. The number of hydrogen-bond donors (Lipinski definition) is 1. The lowest BCUT2D eigenvalue weighted by molar-refractivity contribution is 0.0697. The molecule has 0 spiro atoms. The van der Waals surface area contributed by atoms with E-state index in [0.29, 0.717) is 5.56 Å². The Hall–Kier alpha value is -2.23. The molecule has 1 N–H and O–H groups in total. The van der Waals surface area contributed by atoms with Crippen molar-refractivity contribution in [2.24, 2.45) is 0 Å². The Labute approximate surface area is 92.6 Å². The van der Waals surface area contributed by atoms with Gasteiger partial charge in [-0.1, -0.05) is 0 Å². The van der Waals surface area contributed by atoms with E-state index >= 15 is 0 Å². The zero-order chi connectivity index (χ0) is 11.5. The quantitative estimate of drug-likeness (QED) is 0.831. The molecule has 0 atom stereocenters. The maximum absolute atomic E-state index is 11.1. The highest BCUT2D eigenvalue weighted by Gasteiger charge is 2.12. The van der Waals surface area contributed by atoms with Gasteiger partial charge in [-0.3, -0.25) is 9.97 Å². The van der Waals surface area contributed by atoms with Gasteiger partial charge in [-0.15, -0.1) is 0 Å². The second-order valence-corrected chi connectivity index (χ2v) is 3.41. The number of carboxylic acid groups (broad SMARTS) is 1. The van der Waals surface area contributed by atoms with Gasteiger partial charge in [0, 0.05) is 24.3 Å². The Morgan fingerprint density at radius 1 is 1.31 bits per heavy atom. The minimum Gasteiger partial charge on any atom is -0.478 e. The van der Waals surface area contributed by atoms with Crippen molar-refractivity contribution in [2.75, 3.05) is 0 Å². The molecular weight excluding hydrogens is 204 g/mol. The van der Waals surface area contributed by atoms with Crippen LogP contribution in [0.4, 0.5) is 0 Å². The molecule has 0 saturated carbocycles. The van der Waals surface area contributed by atoms with Gasteiger partial charge in [0.15, 0.2) is 0 Å². The fourth-order valence-electron chi connectivity index (χ4n) is 1.50. The van der Waals surface area contributed by atoms with Gasteiger partial charge in [-0.25, -0.2) is 4.79 Å². The lowest BCUT2D eigenvalue weighted by Gasteiger charge is -2.06. The third kappa shape index (κ3) is 1.91. The molecule has 0 bridgehead atoms. The lowest BCUT2D eigenvalue weighted by Crippen LogP contribution is -2.01. The molecule has 0 aliphatic heterocycles. The summed E-state index contributed by atoms with van der Waals surface area (Å²) in [5.74, 6) is -0.973. The minimum atomic E-state index is -0.973. The average molecular weight is 214 g/mol. The Kier molecular flexibility index (Phi) is 2.64. The van der Waals surface area contributed by atoms with Crippen LogP contribution < -0.4 is 0 Å². The number of pyridine rings is 2. The Morgan fingerprint density at radius 2 is 2.00 bits per heavy atom. The largest absolute Gasteiger partial charge is 0.478 e. The highest BCUT2D eigenvalue weighted by molar-refractivity contribution is 5.95. The highest BCUT2D eigenvalue weighted by atomic mass is 16.4. The van der Waals surface area contributed by atoms with Crippen LogP contribution in [0.15, 0.2) is 36.8 Å². The van der Waals surface area contributed by atoms with Gasteiger partial charge in [0.1, 0.15) is 0 Å². The van der Waals surface area contributed by atoms with Gasteiger partial charge in [0.05, 0.1) is 5.56 Å². The van der Waals surface area contributed by atoms with Crippen molar-refractivity contribution >= 4 is 5.97 Å². The first-order valence-electron chi connectivity index (χ1n) is 4.79. The summed E-state index contributed by atoms with van der Waals surface area (Å²) in [5, 5.41) is 9.06. The summed E-state index contributed by atoms with van der Waals surface area (Å²) in [5.41, 5.74) is 2.49. The van der Waals surface area contributed by atoms with Crippen molar-refractivity contribution in [3.63, 3.8) is 0 Å². The van der Waals surface area contributed by atoms with Gasteiger partial charge < -0.3 is 5.11 Å². The van der Waals surface area contributed by atoms with Crippen LogP contribution in [0.3, 0.4) is 0 Å². The average Bonchev–Trinajstić information content (AvgIpc) is 2.29. The number of hydrogen-bond acceptors (Lipinski definition) is 3. The van der Waals surface area contributed by atoms with Crippen molar-refractivity contribution in [3.8, 4) is 11.1 Å². The van der Waals surface area contributed by atoms with Crippen LogP contribution in [-0.2, 0) is 0 Å². The van der Waals surface area contributed by atoms with E-state index in [1.165, 1.54) is 6.20 Å². The second-order valence-electron chi connectivity index (χ2n) is 3.41. The number of aryl methyl sites for hydroxylation is 1. The van der Waals surface area contributed by atoms with E-state index in [9.17, 15) is 4.79 Å². The SMILES string of the molecule is Cc1cc(-c2ccncc2)c(C(=O)O)cn1. The van der Waals surface area contributed by atoms with Gasteiger partial charge in [-0.2, -0.15) is 0 Å². The molecule has 0 aromatic carbocycles. The third-order valence-corrected chi connectivity index (χ3v) is 2.26. The van der Waals surface area contributed by atoms with E-state index in [2.05, 4.69) is 9.97 Å². The normalized spacial score (nSPS) is 10.1. The fraction of sp³-hybridized carbons (Fsp3) is 0.0833. The van der Waals surface area contributed by atoms with Crippen molar-refractivity contribution < 1.29 is 9.90 Å². The van der Waals surface area contributed by atoms with E-state index < -0.39 is 5.97 Å². The molecule has 4 nitrogen and oxygen atoms in total. The molecular formula is C12H10N2O2. The summed E-state index contributed by atoms with van der Waals surface area (Å²) in [6, 6.07) is 5.32. The first-order chi connectivity index (χ1) is 7.68. The molecule has 0 fully saturated rings. The zero-order valence-corrected chi connectivity index (χ0v) is 8.71. The molecule has 4 heteroatoms. The molecule has 80 valence electrons. The molecule has 0 saturated heterocycles. The van der Waals surface area contributed by atoms with Gasteiger partial charge in [-0.05, 0) is 36.2 Å². The summed E-state index contributed by atoms with van der Waals surface area (Å²) in [6.45, 7) is 1.83. The van der Waals surface area contributed by atoms with Crippen molar-refractivity contribution in [2.45, 2.75) is 6.92 Å². The number of aromatic carboxylic acids is 1. The topological polar surface area (TPSA) is 63.1 Å². The number of carbonyl (C=O) groups is 1. The predicted octanol–water partition coefficient (Wildman–Crippen LogP) is 2.15. The second kappa shape index (κ2) is 4.10. The van der Waals surface area contributed by atoms with E-state index in [1.807, 2.05) is 6.92 Å². The molecule has 2 heterocycles. The summed E-state index contributed by atoms with van der Waals surface area (Å²) < 4.78 is 0. The smallest absolute Gasteiger partial charge is 0.337 e. The fourth-order valence-corrected chi connectivity index (χ4v) is 1.50. The monoisotopic (exact) mass is 214 g/mol. The molecule has 2 rings (SSSR count). The lowest BCUT2D eigenvalue weighted by atomic mass is 10.0. The first-order valence-corrected chi connectivity index (χ1v) is 4.79. The summed E-state index contributed by atoms with van der Waals surface area (Å²) in [7, 11) is 0. The summed E-state index contributed by atoms with van der Waals surface area (Å²) in [4.78, 5) is 18.9. The maximum Gasteiger partial charge on any atom is 0.337 e. The van der Waals surface area contributed by atoms with Crippen molar-refractivity contribution in [3.05, 3.63) is 48.0 Å². The standard InChI is InChI=1S/C12H10N2O2/c1-8-6-10(9-2-4-13-5-3-9)11(7-14-8)12(15)16/h2-7H,1H3,(H,15,16). The zero-order valence-electron chi connectivity index (χ0n) is 8.71. The van der Waals surface area contributed by atoms with Gasteiger partial charge in [0.2, 0.25) is 0 Å². The Morgan fingerprint density at radius 3 is 2.62 bits per heavy atom. The number of nitrogens with zero attached hydrogens (tertiary/aromatic N) is 2. The van der Waals surface area contributed by atoms with Crippen LogP contribution in [0.1, 0.15) is 16.1 Å². The van der Waals surface area contributed by atoms with Crippen LogP contribution in [0, 0.1) is 6.92 Å². The van der Waals surface area contributed by atoms with Crippen LogP contribution in [0.2, 0.25) is 0 Å². The molecule has 0 amide bonds. The van der Waals surface area contributed by atoms with E-state index in [0.717, 1.165) is 11.3 Å². The summed E-state index contributed by atoms with van der Waals surface area (Å²) >= 11 is 0. The van der Waals surface area contributed by atoms with E-state index in [-0.39, 0.29) is 5.56 Å². The molecule has 2 aromatic heterocycles. The number of rotatable bonds is 2. The van der Waals surface area contributed by atoms with Crippen LogP contribution in [0.5, 0.6) is 0 Å². The molecule has 0 unspecified atom stereocenters. The first kappa shape index (κ1) is 10.3. The van der Waals surface area contributed by atoms with E-state index in [1.54, 1.807) is 30.6 Å². The highest BCUT2D eigenvalue weighted by Crippen LogP contribution is 2.23. The van der Waals surface area contributed by atoms with Gasteiger partial charge >= 0.3 is 5.97 Å².